The van der Waals surface area contributed by atoms with Gasteiger partial charge in [0.25, 0.3) is 5.56 Å². The molecule has 0 bridgehead atoms. The zero-order chi connectivity index (χ0) is 13.9. The monoisotopic (exact) mass is 263 g/mol. The highest BCUT2D eigenvalue weighted by Gasteiger charge is 2.05. The molecule has 4 heteroatoms. The van der Waals surface area contributed by atoms with Crippen LogP contribution >= 0.6 is 0 Å². The van der Waals surface area contributed by atoms with Crippen molar-refractivity contribution in [1.82, 2.24) is 14.5 Å². The van der Waals surface area contributed by atoms with Gasteiger partial charge in [-0.3, -0.25) is 9.78 Å². The predicted octanol–water partition coefficient (Wildman–Crippen LogP) is 2.50. The van der Waals surface area contributed by atoms with E-state index in [0.29, 0.717) is 5.69 Å². The molecule has 0 radical (unpaired) electrons. The van der Waals surface area contributed by atoms with Crippen LogP contribution in [0.15, 0.2) is 53.6 Å². The van der Waals surface area contributed by atoms with E-state index in [9.17, 15) is 4.79 Å². The molecule has 3 aromatic rings. The van der Waals surface area contributed by atoms with Crippen molar-refractivity contribution in [3.05, 3.63) is 70.4 Å². The summed E-state index contributed by atoms with van der Waals surface area (Å²) in [7, 11) is 1.76. The first kappa shape index (κ1) is 12.3. The number of rotatable bonds is 2. The van der Waals surface area contributed by atoms with E-state index in [-0.39, 0.29) is 5.56 Å². The number of para-hydroxylation sites is 2. The molecule has 0 saturated carbocycles. The van der Waals surface area contributed by atoms with Crippen LogP contribution in [-0.2, 0) is 7.05 Å². The Bertz CT molecular complexity index is 835. The molecule has 0 saturated heterocycles. The molecule has 0 amide bonds. The molecule has 0 aliphatic rings. The molecule has 0 aliphatic heterocycles. The molecule has 4 nitrogen and oxygen atoms in total. The van der Waals surface area contributed by atoms with E-state index in [0.717, 1.165) is 16.6 Å². The molecule has 3 rings (SSSR count). The van der Waals surface area contributed by atoms with E-state index < -0.39 is 0 Å². The maximum atomic E-state index is 12.2. The van der Waals surface area contributed by atoms with Gasteiger partial charge in [-0.05, 0) is 29.8 Å². The number of aromatic nitrogens is 3. The topological polar surface area (TPSA) is 47.8 Å². The molecule has 20 heavy (non-hydrogen) atoms. The fourth-order valence-electron chi connectivity index (χ4n) is 2.06. The summed E-state index contributed by atoms with van der Waals surface area (Å²) in [6.45, 7) is 0. The molecular weight excluding hydrogens is 250 g/mol. The number of benzene rings is 1. The largest absolute Gasteiger partial charge is 0.308 e. The number of fused-ring (bicyclic) bond motifs is 1. The molecular formula is C16H13N3O. The quantitative estimate of drug-likeness (QED) is 0.713. The zero-order valence-electron chi connectivity index (χ0n) is 11.0. The van der Waals surface area contributed by atoms with Crippen LogP contribution < -0.4 is 5.56 Å². The third-order valence-corrected chi connectivity index (χ3v) is 3.13. The van der Waals surface area contributed by atoms with Crippen LogP contribution in [0, 0.1) is 0 Å². The molecule has 98 valence electrons. The Morgan fingerprint density at radius 1 is 1.10 bits per heavy atom. The summed E-state index contributed by atoms with van der Waals surface area (Å²) in [6, 6.07) is 11.4. The summed E-state index contributed by atoms with van der Waals surface area (Å²) in [5, 5.41) is 0. The lowest BCUT2D eigenvalue weighted by molar-refractivity contribution is 0.887. The second kappa shape index (κ2) is 5.09. The highest BCUT2D eigenvalue weighted by molar-refractivity contribution is 5.77. The van der Waals surface area contributed by atoms with Crippen LogP contribution in [0.3, 0.4) is 0 Å². The molecule has 0 aliphatic carbocycles. The lowest BCUT2D eigenvalue weighted by Gasteiger charge is -2.05. The molecule has 2 aromatic heterocycles. The van der Waals surface area contributed by atoms with Crippen LogP contribution in [-0.4, -0.2) is 14.5 Å². The molecule has 2 heterocycles. The number of aryl methyl sites for hydroxylation is 1. The Labute approximate surface area is 116 Å². The lowest BCUT2D eigenvalue weighted by Crippen LogP contribution is -2.21. The summed E-state index contributed by atoms with van der Waals surface area (Å²) >= 11 is 0. The van der Waals surface area contributed by atoms with Gasteiger partial charge in [-0.15, -0.1) is 0 Å². The van der Waals surface area contributed by atoms with Gasteiger partial charge in [0.1, 0.15) is 5.69 Å². The van der Waals surface area contributed by atoms with Crippen LogP contribution in [0.25, 0.3) is 23.2 Å². The standard InChI is InChI=1S/C16H13N3O/c1-19-15-7-3-2-6-13(15)18-14(16(19)20)9-8-12-5-4-10-17-11-12/h2-11H,1H3. The molecule has 0 fully saturated rings. The number of nitrogens with zero attached hydrogens (tertiary/aromatic N) is 3. The van der Waals surface area contributed by atoms with Gasteiger partial charge in [0.05, 0.1) is 11.0 Å². The third kappa shape index (κ3) is 2.23. The van der Waals surface area contributed by atoms with Crippen molar-refractivity contribution < 1.29 is 0 Å². The van der Waals surface area contributed by atoms with Crippen LogP contribution in [0.1, 0.15) is 11.3 Å². The second-order valence-corrected chi connectivity index (χ2v) is 4.47. The van der Waals surface area contributed by atoms with Crippen LogP contribution in [0.5, 0.6) is 0 Å². The minimum atomic E-state index is -0.108. The first-order chi connectivity index (χ1) is 9.75. The highest BCUT2D eigenvalue weighted by Crippen LogP contribution is 2.10. The summed E-state index contributed by atoms with van der Waals surface area (Å²) in [6.07, 6.45) is 7.02. The average molecular weight is 263 g/mol. The number of hydrogen-bond donors (Lipinski definition) is 0. The average Bonchev–Trinajstić information content (AvgIpc) is 2.50. The first-order valence-electron chi connectivity index (χ1n) is 6.29. The summed E-state index contributed by atoms with van der Waals surface area (Å²) in [5.74, 6) is 0. The second-order valence-electron chi connectivity index (χ2n) is 4.47. The molecule has 0 unspecified atom stereocenters. The highest BCUT2D eigenvalue weighted by atomic mass is 16.1. The molecule has 0 N–H and O–H groups in total. The normalized spacial score (nSPS) is 11.2. The van der Waals surface area contributed by atoms with E-state index in [1.54, 1.807) is 30.1 Å². The van der Waals surface area contributed by atoms with Gasteiger partial charge in [-0.2, -0.15) is 0 Å². The molecule has 0 spiro atoms. The molecule has 1 aromatic carbocycles. The van der Waals surface area contributed by atoms with E-state index in [1.165, 1.54) is 0 Å². The SMILES string of the molecule is Cn1c(=O)c(C=Cc2cccnc2)nc2ccccc21. The van der Waals surface area contributed by atoms with Crippen molar-refractivity contribution in [3.63, 3.8) is 0 Å². The van der Waals surface area contributed by atoms with Gasteiger partial charge < -0.3 is 4.57 Å². The Kier molecular flexibility index (Phi) is 3.13. The number of hydrogen-bond acceptors (Lipinski definition) is 3. The van der Waals surface area contributed by atoms with Crippen molar-refractivity contribution in [2.45, 2.75) is 0 Å². The first-order valence-corrected chi connectivity index (χ1v) is 6.29. The minimum absolute atomic E-state index is 0.108. The van der Waals surface area contributed by atoms with Crippen molar-refractivity contribution >= 4 is 23.2 Å². The van der Waals surface area contributed by atoms with E-state index >= 15 is 0 Å². The Balaban J connectivity index is 2.11. The Morgan fingerprint density at radius 2 is 1.95 bits per heavy atom. The van der Waals surface area contributed by atoms with Crippen LogP contribution in [0.2, 0.25) is 0 Å². The summed E-state index contributed by atoms with van der Waals surface area (Å²) < 4.78 is 1.62. The van der Waals surface area contributed by atoms with Crippen molar-refractivity contribution in [1.29, 1.82) is 0 Å². The van der Waals surface area contributed by atoms with Gasteiger partial charge in [0.2, 0.25) is 0 Å². The van der Waals surface area contributed by atoms with Crippen molar-refractivity contribution in [2.24, 2.45) is 7.05 Å². The van der Waals surface area contributed by atoms with Crippen LogP contribution in [0.4, 0.5) is 0 Å². The van der Waals surface area contributed by atoms with Gasteiger partial charge in [-0.25, -0.2) is 4.98 Å². The van der Waals surface area contributed by atoms with Crippen molar-refractivity contribution in [3.8, 4) is 0 Å². The minimum Gasteiger partial charge on any atom is -0.308 e. The van der Waals surface area contributed by atoms with Crippen molar-refractivity contribution in [2.75, 3.05) is 0 Å². The van der Waals surface area contributed by atoms with Gasteiger partial charge in [0, 0.05) is 19.4 Å². The predicted molar refractivity (Wildman–Crippen MR) is 80.1 cm³/mol. The third-order valence-electron chi connectivity index (χ3n) is 3.13. The maximum absolute atomic E-state index is 12.2. The Hall–Kier alpha value is -2.75. The van der Waals surface area contributed by atoms with Gasteiger partial charge in [-0.1, -0.05) is 24.3 Å². The van der Waals surface area contributed by atoms with Gasteiger partial charge >= 0.3 is 0 Å². The Morgan fingerprint density at radius 3 is 2.75 bits per heavy atom. The molecule has 0 atom stereocenters. The maximum Gasteiger partial charge on any atom is 0.276 e. The van der Waals surface area contributed by atoms with E-state index in [2.05, 4.69) is 9.97 Å². The van der Waals surface area contributed by atoms with E-state index in [1.807, 2.05) is 42.5 Å². The smallest absolute Gasteiger partial charge is 0.276 e. The summed E-state index contributed by atoms with van der Waals surface area (Å²) in [5.41, 5.74) is 2.89. The summed E-state index contributed by atoms with van der Waals surface area (Å²) in [4.78, 5) is 20.7. The zero-order valence-corrected chi connectivity index (χ0v) is 11.0. The number of pyridine rings is 1. The fraction of sp³-hybridized carbons (Fsp3) is 0.0625. The fourth-order valence-corrected chi connectivity index (χ4v) is 2.06. The lowest BCUT2D eigenvalue weighted by atomic mass is 10.2. The van der Waals surface area contributed by atoms with Gasteiger partial charge in [0.15, 0.2) is 0 Å². The van der Waals surface area contributed by atoms with E-state index in [4.69, 9.17) is 0 Å².